The summed E-state index contributed by atoms with van der Waals surface area (Å²) in [6, 6.07) is 33.4. The lowest BCUT2D eigenvalue weighted by atomic mass is 9.70. The average molecular weight is 368 g/mol. The normalized spacial score (nSPS) is 14.1. The topological polar surface area (TPSA) is 0 Å². The number of hydrogen-bond acceptors (Lipinski definition) is 0. The fourth-order valence-electron chi connectivity index (χ4n) is 5.41. The summed E-state index contributed by atoms with van der Waals surface area (Å²) in [6.45, 7) is 8.14. The molecule has 4 aromatic carbocycles. The van der Waals surface area contributed by atoms with E-state index in [0.717, 1.165) is 11.1 Å². The van der Waals surface area contributed by atoms with Crippen LogP contribution in [0.25, 0.3) is 27.8 Å². The predicted octanol–water partition coefficient (Wildman–Crippen LogP) is 7.23. The quantitative estimate of drug-likeness (QED) is 0.283. The first kappa shape index (κ1) is 16.3. The minimum Gasteiger partial charge on any atom is -0.0985 e. The summed E-state index contributed by atoms with van der Waals surface area (Å²) in [4.78, 5) is 0. The molecule has 0 aromatic heterocycles. The van der Waals surface area contributed by atoms with Crippen LogP contribution in [0.4, 0.5) is 0 Å². The van der Waals surface area contributed by atoms with E-state index in [0.29, 0.717) is 0 Å². The Morgan fingerprint density at radius 1 is 0.586 bits per heavy atom. The van der Waals surface area contributed by atoms with E-state index in [9.17, 15) is 0 Å². The molecule has 0 unspecified atom stereocenters. The summed E-state index contributed by atoms with van der Waals surface area (Å²) in [5.74, 6) is 0. The van der Waals surface area contributed by atoms with E-state index in [1.54, 1.807) is 0 Å². The fraction of sp³-hybridized carbons (Fsp3) is 0.0345. The fourth-order valence-corrected chi connectivity index (χ4v) is 5.41. The van der Waals surface area contributed by atoms with Crippen molar-refractivity contribution in [1.29, 1.82) is 0 Å². The second-order valence-electron chi connectivity index (χ2n) is 7.88. The molecule has 29 heavy (non-hydrogen) atoms. The maximum Gasteiger partial charge on any atom is 0.0725 e. The van der Waals surface area contributed by atoms with Crippen molar-refractivity contribution < 1.29 is 0 Å². The third kappa shape index (κ3) is 1.89. The zero-order valence-electron chi connectivity index (χ0n) is 16.2. The van der Waals surface area contributed by atoms with Crippen LogP contribution < -0.4 is 0 Å². The van der Waals surface area contributed by atoms with Crippen molar-refractivity contribution in [2.24, 2.45) is 0 Å². The van der Waals surface area contributed by atoms with Crippen LogP contribution in [0.2, 0.25) is 0 Å². The zero-order chi connectivity index (χ0) is 19.6. The van der Waals surface area contributed by atoms with Gasteiger partial charge in [0.15, 0.2) is 0 Å². The van der Waals surface area contributed by atoms with Gasteiger partial charge in [-0.3, -0.25) is 0 Å². The molecule has 0 saturated carbocycles. The molecule has 0 heterocycles. The largest absolute Gasteiger partial charge is 0.0985 e. The number of hydrogen-bond donors (Lipinski definition) is 0. The van der Waals surface area contributed by atoms with Crippen LogP contribution in [0.15, 0.2) is 110 Å². The first-order valence-electron chi connectivity index (χ1n) is 10.0. The van der Waals surface area contributed by atoms with E-state index in [2.05, 4.69) is 104 Å². The maximum atomic E-state index is 4.20. The lowest BCUT2D eigenvalue weighted by Gasteiger charge is -2.30. The lowest BCUT2D eigenvalue weighted by Crippen LogP contribution is -2.25. The Hall–Kier alpha value is -3.64. The molecule has 0 nitrogen and oxygen atoms in total. The summed E-state index contributed by atoms with van der Waals surface area (Å²) < 4.78 is 0. The van der Waals surface area contributed by atoms with Crippen LogP contribution in [-0.2, 0) is 5.41 Å². The highest BCUT2D eigenvalue weighted by Crippen LogP contribution is 2.62. The molecule has 6 rings (SSSR count). The van der Waals surface area contributed by atoms with E-state index in [1.807, 2.05) is 6.08 Å². The highest BCUT2D eigenvalue weighted by molar-refractivity contribution is 5.95. The number of allylic oxidation sites excluding steroid dienone is 2. The van der Waals surface area contributed by atoms with Gasteiger partial charge < -0.3 is 0 Å². The third-order valence-electron chi connectivity index (χ3n) is 6.61. The second kappa shape index (κ2) is 5.68. The molecule has 0 radical (unpaired) electrons. The molecule has 0 heteroatoms. The van der Waals surface area contributed by atoms with Gasteiger partial charge in [0.05, 0.1) is 5.41 Å². The van der Waals surface area contributed by atoms with E-state index in [1.165, 1.54) is 44.5 Å². The van der Waals surface area contributed by atoms with Gasteiger partial charge in [0.25, 0.3) is 0 Å². The first-order valence-corrected chi connectivity index (χ1v) is 10.0. The van der Waals surface area contributed by atoms with Gasteiger partial charge in [-0.05, 0) is 61.7 Å². The predicted molar refractivity (Wildman–Crippen MR) is 122 cm³/mol. The van der Waals surface area contributed by atoms with Gasteiger partial charge in [-0.15, -0.1) is 0 Å². The number of rotatable bonds is 2. The van der Waals surface area contributed by atoms with Gasteiger partial charge in [-0.25, -0.2) is 0 Å². The summed E-state index contributed by atoms with van der Waals surface area (Å²) in [5, 5.41) is 0. The van der Waals surface area contributed by atoms with E-state index >= 15 is 0 Å². The Labute approximate surface area is 171 Å². The summed E-state index contributed by atoms with van der Waals surface area (Å²) in [6.07, 6.45) is 1.84. The molecule has 0 atom stereocenters. The summed E-state index contributed by atoms with van der Waals surface area (Å²) >= 11 is 0. The molecule has 0 amide bonds. The van der Waals surface area contributed by atoms with Crippen LogP contribution in [0.5, 0.6) is 0 Å². The molecular formula is C29H20. The van der Waals surface area contributed by atoms with Crippen LogP contribution in [0.1, 0.15) is 27.8 Å². The van der Waals surface area contributed by atoms with Gasteiger partial charge in [-0.1, -0.05) is 104 Å². The molecule has 0 saturated heterocycles. The van der Waals surface area contributed by atoms with Crippen molar-refractivity contribution in [3.63, 3.8) is 0 Å². The average Bonchev–Trinajstić information content (AvgIpc) is 3.25. The van der Waals surface area contributed by atoms with Crippen LogP contribution >= 0.6 is 0 Å². The van der Waals surface area contributed by atoms with Crippen LogP contribution in [0.3, 0.4) is 0 Å². The molecule has 0 N–H and O–H groups in total. The maximum absolute atomic E-state index is 4.20. The van der Waals surface area contributed by atoms with E-state index in [4.69, 9.17) is 0 Å². The SMILES string of the molecule is C=CC(=C)c1ccc2c(c1)C1(c3ccccc3-c3ccccc31)c1ccccc1-2. The summed E-state index contributed by atoms with van der Waals surface area (Å²) in [7, 11) is 0. The van der Waals surface area contributed by atoms with E-state index in [-0.39, 0.29) is 5.41 Å². The molecule has 0 fully saturated rings. The molecule has 2 aliphatic rings. The summed E-state index contributed by atoms with van der Waals surface area (Å²) in [5.41, 5.74) is 12.6. The molecule has 0 bridgehead atoms. The molecule has 0 aliphatic heterocycles. The van der Waals surface area contributed by atoms with Crippen molar-refractivity contribution in [2.75, 3.05) is 0 Å². The zero-order valence-corrected chi connectivity index (χ0v) is 16.2. The van der Waals surface area contributed by atoms with Crippen molar-refractivity contribution in [2.45, 2.75) is 5.41 Å². The smallest absolute Gasteiger partial charge is 0.0725 e. The van der Waals surface area contributed by atoms with Gasteiger partial charge in [0.1, 0.15) is 0 Å². The molecular weight excluding hydrogens is 348 g/mol. The molecule has 1 spiro atoms. The lowest BCUT2D eigenvalue weighted by molar-refractivity contribution is 0.793. The second-order valence-corrected chi connectivity index (χ2v) is 7.88. The number of benzene rings is 4. The van der Waals surface area contributed by atoms with Gasteiger partial charge in [-0.2, -0.15) is 0 Å². The molecule has 136 valence electrons. The van der Waals surface area contributed by atoms with E-state index < -0.39 is 0 Å². The van der Waals surface area contributed by atoms with Crippen LogP contribution in [0, 0.1) is 0 Å². The Bertz CT molecular complexity index is 1270. The van der Waals surface area contributed by atoms with Crippen molar-refractivity contribution in [1.82, 2.24) is 0 Å². The van der Waals surface area contributed by atoms with Gasteiger partial charge >= 0.3 is 0 Å². The van der Waals surface area contributed by atoms with Crippen molar-refractivity contribution >= 4 is 5.57 Å². The minimum atomic E-state index is -0.281. The molecule has 2 aliphatic carbocycles. The minimum absolute atomic E-state index is 0.281. The number of fused-ring (bicyclic) bond motifs is 10. The van der Waals surface area contributed by atoms with Gasteiger partial charge in [0.2, 0.25) is 0 Å². The monoisotopic (exact) mass is 368 g/mol. The Morgan fingerprint density at radius 2 is 1.03 bits per heavy atom. The first-order chi connectivity index (χ1) is 14.3. The Balaban J connectivity index is 1.82. The Kier molecular flexibility index (Phi) is 3.20. The van der Waals surface area contributed by atoms with Crippen molar-refractivity contribution in [3.8, 4) is 22.3 Å². The molecule has 4 aromatic rings. The third-order valence-corrected chi connectivity index (χ3v) is 6.61. The Morgan fingerprint density at radius 3 is 1.52 bits per heavy atom. The highest BCUT2D eigenvalue weighted by Gasteiger charge is 2.51. The highest BCUT2D eigenvalue weighted by atomic mass is 14.5. The van der Waals surface area contributed by atoms with Gasteiger partial charge in [0, 0.05) is 0 Å². The standard InChI is InChI=1S/C29H20/c1-3-19(2)20-16-17-24-23-12-6-9-15-27(23)29(28(24)18-20)25-13-7-4-10-21(25)22-11-5-8-14-26(22)29/h3-18H,1-2H2. The van der Waals surface area contributed by atoms with Crippen molar-refractivity contribution in [3.05, 3.63) is 138 Å². The van der Waals surface area contributed by atoms with Crippen LogP contribution in [-0.4, -0.2) is 0 Å².